The van der Waals surface area contributed by atoms with Gasteiger partial charge in [0.2, 0.25) is 5.91 Å². The van der Waals surface area contributed by atoms with E-state index in [1.54, 1.807) is 20.8 Å². The third kappa shape index (κ3) is 1.86. The quantitative estimate of drug-likeness (QED) is 0.490. The second-order valence-corrected chi connectivity index (χ2v) is 7.53. The van der Waals surface area contributed by atoms with Crippen LogP contribution < -0.4 is 0 Å². The molecule has 0 N–H and O–H groups in total. The summed E-state index contributed by atoms with van der Waals surface area (Å²) in [5.41, 5.74) is -0.689. The molecule has 2 unspecified atom stereocenters. The third-order valence-corrected chi connectivity index (χ3v) is 5.11. The van der Waals surface area contributed by atoms with Gasteiger partial charge in [-0.3, -0.25) is 9.59 Å². The average Bonchev–Trinajstić information content (AvgIpc) is 2.55. The van der Waals surface area contributed by atoms with Crippen LogP contribution in [-0.4, -0.2) is 45.4 Å². The molecule has 0 aromatic heterocycles. The Morgan fingerprint density at radius 2 is 2.00 bits per heavy atom. The number of esters is 1. The highest BCUT2D eigenvalue weighted by Gasteiger charge is 2.66. The van der Waals surface area contributed by atoms with Crippen molar-refractivity contribution in [1.82, 2.24) is 4.90 Å². The highest BCUT2D eigenvalue weighted by Crippen LogP contribution is 2.49. The Hall–Kier alpha value is -1.11. The summed E-state index contributed by atoms with van der Waals surface area (Å²) in [5.74, 6) is -1.43. The molecule has 3 heterocycles. The lowest BCUT2D eigenvalue weighted by Gasteiger charge is -2.47. The van der Waals surface area contributed by atoms with E-state index in [0.717, 1.165) is 4.90 Å². The first-order valence-electron chi connectivity index (χ1n) is 6.61. The van der Waals surface area contributed by atoms with Gasteiger partial charge < -0.3 is 9.47 Å². The molecule has 0 aromatic carbocycles. The molecule has 0 radical (unpaired) electrons. The molecule has 6 nitrogen and oxygen atoms in total. The van der Waals surface area contributed by atoms with Gasteiger partial charge >= 0.3 is 12.1 Å². The number of carbonyl (C=O) groups is 3. The van der Waals surface area contributed by atoms with Crippen molar-refractivity contribution in [3.05, 3.63) is 0 Å². The Morgan fingerprint density at radius 3 is 2.60 bits per heavy atom. The predicted octanol–water partition coefficient (Wildman–Crippen LogP) is 1.46. The predicted molar refractivity (Wildman–Crippen MR) is 71.1 cm³/mol. The summed E-state index contributed by atoms with van der Waals surface area (Å²) in [5, 5.41) is 0. The van der Waals surface area contributed by atoms with Crippen molar-refractivity contribution in [2.45, 2.75) is 49.8 Å². The lowest BCUT2D eigenvalue weighted by Crippen LogP contribution is -2.66. The van der Waals surface area contributed by atoms with Crippen LogP contribution in [0.5, 0.6) is 0 Å². The van der Waals surface area contributed by atoms with Crippen LogP contribution in [0, 0.1) is 11.8 Å². The number of fused-ring (bicyclic) bond motifs is 1. The summed E-state index contributed by atoms with van der Waals surface area (Å²) in [6, 6.07) is -0.542. The zero-order chi connectivity index (χ0) is 14.8. The Balaban J connectivity index is 1.92. The zero-order valence-corrected chi connectivity index (χ0v) is 13.0. The van der Waals surface area contributed by atoms with Crippen LogP contribution in [0.15, 0.2) is 0 Å². The Labute approximate surface area is 124 Å². The first kappa shape index (κ1) is 13.9. The Bertz CT molecular complexity index is 499. The summed E-state index contributed by atoms with van der Waals surface area (Å²) >= 11 is 3.43. The number of halogens is 1. The fraction of sp³-hybridized carbons (Fsp3) is 0.769. The van der Waals surface area contributed by atoms with E-state index < -0.39 is 35.7 Å². The van der Waals surface area contributed by atoms with Crippen LogP contribution in [0.2, 0.25) is 0 Å². The molecule has 110 valence electrons. The van der Waals surface area contributed by atoms with Gasteiger partial charge in [-0.15, -0.1) is 0 Å². The van der Waals surface area contributed by atoms with Crippen LogP contribution in [0.25, 0.3) is 0 Å². The lowest BCUT2D eigenvalue weighted by atomic mass is 9.72. The van der Waals surface area contributed by atoms with Crippen molar-refractivity contribution < 1.29 is 23.9 Å². The standard InChI is InChI=1S/C13H16BrNO5/c1-13(2,3)20-12(18)15-8-6-4-5(10(15)16)7(14)9(8)19-11(6)17/h5-9H,4H2,1-3H3/t5?,6-,7?,8+,9+/m1/s1. The number of rotatable bonds is 0. The summed E-state index contributed by atoms with van der Waals surface area (Å²) in [4.78, 5) is 37.3. The van der Waals surface area contributed by atoms with Gasteiger partial charge in [0.15, 0.2) is 0 Å². The molecule has 1 saturated carbocycles. The molecule has 5 atom stereocenters. The molecule has 0 aromatic rings. The van der Waals surface area contributed by atoms with Gasteiger partial charge in [0.25, 0.3) is 0 Å². The number of imide groups is 1. The van der Waals surface area contributed by atoms with Crippen molar-refractivity contribution in [3.63, 3.8) is 0 Å². The van der Waals surface area contributed by atoms with E-state index in [-0.39, 0.29) is 16.7 Å². The Kier molecular flexibility index (Phi) is 2.90. The number of alkyl halides is 1. The molecule has 4 bridgehead atoms. The summed E-state index contributed by atoms with van der Waals surface area (Å²) in [6.07, 6.45) is -0.713. The molecule has 4 aliphatic rings. The van der Waals surface area contributed by atoms with Gasteiger partial charge in [-0.25, -0.2) is 9.69 Å². The number of hydrogen-bond donors (Lipinski definition) is 0. The van der Waals surface area contributed by atoms with Crippen molar-refractivity contribution in [1.29, 1.82) is 0 Å². The topological polar surface area (TPSA) is 72.9 Å². The van der Waals surface area contributed by atoms with E-state index in [1.807, 2.05) is 0 Å². The van der Waals surface area contributed by atoms with Crippen molar-refractivity contribution >= 4 is 33.9 Å². The van der Waals surface area contributed by atoms with Crippen LogP contribution in [-0.2, 0) is 19.1 Å². The van der Waals surface area contributed by atoms with E-state index in [0.29, 0.717) is 6.42 Å². The number of piperidine rings is 2. The van der Waals surface area contributed by atoms with Crippen LogP contribution in [0.1, 0.15) is 27.2 Å². The second-order valence-electron chi connectivity index (χ2n) is 6.47. The molecule has 4 fully saturated rings. The maximum Gasteiger partial charge on any atom is 0.417 e. The molecule has 7 heteroatoms. The van der Waals surface area contributed by atoms with E-state index in [9.17, 15) is 14.4 Å². The number of amides is 2. The van der Waals surface area contributed by atoms with Crippen molar-refractivity contribution in [2.75, 3.05) is 0 Å². The first-order chi connectivity index (χ1) is 9.20. The van der Waals surface area contributed by atoms with Crippen molar-refractivity contribution in [2.24, 2.45) is 11.8 Å². The summed E-state index contributed by atoms with van der Waals surface area (Å²) < 4.78 is 10.6. The zero-order valence-electron chi connectivity index (χ0n) is 11.5. The van der Waals surface area contributed by atoms with Crippen LogP contribution in [0.4, 0.5) is 4.79 Å². The smallest absolute Gasteiger partial charge is 0.417 e. The SMILES string of the molecule is CC(C)(C)OC(=O)N1C(=O)C2C[C@H]3C(=O)O[C@@H](C2Br)[C@H]31. The second kappa shape index (κ2) is 4.19. The minimum absolute atomic E-state index is 0.221. The van der Waals surface area contributed by atoms with Gasteiger partial charge in [-0.2, -0.15) is 0 Å². The van der Waals surface area contributed by atoms with Gasteiger partial charge in [0, 0.05) is 0 Å². The summed E-state index contributed by atoms with van der Waals surface area (Å²) in [6.45, 7) is 5.21. The molecular weight excluding hydrogens is 330 g/mol. The number of hydrogen-bond acceptors (Lipinski definition) is 5. The third-order valence-electron chi connectivity index (χ3n) is 3.95. The molecule has 3 aliphatic heterocycles. The minimum Gasteiger partial charge on any atom is -0.459 e. The highest BCUT2D eigenvalue weighted by molar-refractivity contribution is 9.09. The van der Waals surface area contributed by atoms with Gasteiger partial charge in [-0.1, -0.05) is 15.9 Å². The monoisotopic (exact) mass is 345 g/mol. The molecule has 3 saturated heterocycles. The molecule has 20 heavy (non-hydrogen) atoms. The molecule has 4 rings (SSSR count). The molecule has 1 aliphatic carbocycles. The average molecular weight is 346 g/mol. The lowest BCUT2D eigenvalue weighted by molar-refractivity contribution is -0.150. The van der Waals surface area contributed by atoms with Gasteiger partial charge in [0.1, 0.15) is 11.7 Å². The van der Waals surface area contributed by atoms with Crippen molar-refractivity contribution in [3.8, 4) is 0 Å². The maximum atomic E-state index is 12.4. The van der Waals surface area contributed by atoms with Gasteiger partial charge in [-0.05, 0) is 27.2 Å². The van der Waals surface area contributed by atoms with Gasteiger partial charge in [0.05, 0.1) is 22.7 Å². The minimum atomic E-state index is -0.690. The normalized spacial score (nSPS) is 39.0. The number of ether oxygens (including phenoxy) is 2. The molecule has 2 amide bonds. The van der Waals surface area contributed by atoms with E-state index in [4.69, 9.17) is 9.47 Å². The largest absolute Gasteiger partial charge is 0.459 e. The van der Waals surface area contributed by atoms with Crippen LogP contribution >= 0.6 is 15.9 Å². The maximum absolute atomic E-state index is 12.4. The van der Waals surface area contributed by atoms with E-state index in [1.165, 1.54) is 0 Å². The van der Waals surface area contributed by atoms with E-state index >= 15 is 0 Å². The molecule has 0 spiro atoms. The van der Waals surface area contributed by atoms with E-state index in [2.05, 4.69) is 15.9 Å². The highest BCUT2D eigenvalue weighted by atomic mass is 79.9. The number of carbonyl (C=O) groups excluding carboxylic acids is 3. The first-order valence-corrected chi connectivity index (χ1v) is 7.53. The fourth-order valence-electron chi connectivity index (χ4n) is 3.19. The van der Waals surface area contributed by atoms with Crippen LogP contribution in [0.3, 0.4) is 0 Å². The summed E-state index contributed by atoms with van der Waals surface area (Å²) in [7, 11) is 0. The number of nitrogens with zero attached hydrogens (tertiary/aromatic N) is 1. The fourth-order valence-corrected chi connectivity index (χ4v) is 4.06. The molecular formula is C13H16BrNO5. The Morgan fingerprint density at radius 1 is 1.35 bits per heavy atom.